The lowest BCUT2D eigenvalue weighted by Gasteiger charge is -2.28. The molecule has 72 heavy (non-hydrogen) atoms. The van der Waals surface area contributed by atoms with Crippen LogP contribution < -0.4 is 19.1 Å². The van der Waals surface area contributed by atoms with Crippen molar-refractivity contribution in [3.05, 3.63) is 173 Å². The minimum Gasteiger partial charge on any atom is -0.493 e. The topological polar surface area (TPSA) is 96.1 Å². The summed E-state index contributed by atoms with van der Waals surface area (Å²) < 4.78 is 61.9. The lowest BCUT2D eigenvalue weighted by Crippen LogP contribution is -2.20. The Morgan fingerprint density at radius 1 is 0.694 bits per heavy atom. The number of thiol groups is 1. The van der Waals surface area contributed by atoms with Crippen molar-refractivity contribution in [3.8, 4) is 29.1 Å². The number of carbonyl (C=O) groups is 2. The smallest absolute Gasteiger partial charge is 0.343 e. The van der Waals surface area contributed by atoms with Crippen LogP contribution >= 0.6 is 12.6 Å². The second-order valence-electron chi connectivity index (χ2n) is 17.7. The van der Waals surface area contributed by atoms with E-state index in [1.165, 1.54) is 18.2 Å². The highest BCUT2D eigenvalue weighted by molar-refractivity contribution is 7.80. The fourth-order valence-corrected chi connectivity index (χ4v) is 8.33. The number of nitrogens with zero attached hydrogens (tertiary/aromatic N) is 1. The number of carbonyl (C=O) groups excluding carboxylic acids is 2. The molecule has 0 bridgehead atoms. The van der Waals surface area contributed by atoms with Crippen LogP contribution in [0.25, 0.3) is 10.8 Å². The van der Waals surface area contributed by atoms with Crippen LogP contribution in [-0.4, -0.2) is 63.6 Å². The summed E-state index contributed by atoms with van der Waals surface area (Å²) in [5.74, 6) is 6.64. The number of halogens is 2. The number of rotatable bonds is 28. The number of epoxide rings is 1. The number of fused-ring (bicyclic) bond motifs is 1. The number of unbranched alkanes of at least 4 members (excludes halogenated alkanes) is 6. The molecule has 0 radical (unpaired) electrons. The zero-order valence-electron chi connectivity index (χ0n) is 41.0. The molecule has 1 saturated heterocycles. The van der Waals surface area contributed by atoms with E-state index in [-0.39, 0.29) is 11.9 Å². The van der Waals surface area contributed by atoms with E-state index in [9.17, 15) is 18.4 Å². The molecule has 0 N–H and O–H groups in total. The molecule has 12 heteroatoms. The zero-order chi connectivity index (χ0) is 50.5. The van der Waals surface area contributed by atoms with Gasteiger partial charge in [0.25, 0.3) is 0 Å². The molecular weight excluding hydrogens is 933 g/mol. The van der Waals surface area contributed by atoms with E-state index in [2.05, 4.69) is 60.2 Å². The maximum Gasteiger partial charge on any atom is 0.343 e. The van der Waals surface area contributed by atoms with E-state index in [1.54, 1.807) is 6.07 Å². The first-order valence-electron chi connectivity index (χ1n) is 24.9. The number of esters is 2. The van der Waals surface area contributed by atoms with Crippen LogP contribution in [0.2, 0.25) is 0 Å². The first-order valence-corrected chi connectivity index (χ1v) is 25.5. The maximum absolute atomic E-state index is 13.9. The van der Waals surface area contributed by atoms with Crippen LogP contribution in [0.4, 0.5) is 20.2 Å². The van der Waals surface area contributed by atoms with Gasteiger partial charge in [-0.05, 0) is 164 Å². The predicted octanol–water partition coefficient (Wildman–Crippen LogP) is 13.3. The van der Waals surface area contributed by atoms with Crippen LogP contribution in [0.5, 0.6) is 17.2 Å². The molecule has 1 unspecified atom stereocenters. The Balaban J connectivity index is 1.04. The van der Waals surface area contributed by atoms with Gasteiger partial charge in [0.05, 0.1) is 37.7 Å². The van der Waals surface area contributed by atoms with E-state index in [0.717, 1.165) is 133 Å². The van der Waals surface area contributed by atoms with Crippen molar-refractivity contribution in [2.75, 3.05) is 50.2 Å². The first-order chi connectivity index (χ1) is 35.1. The Kier molecular flexibility index (Phi) is 20.5. The molecule has 1 aliphatic rings. The monoisotopic (exact) mass is 995 g/mol. The molecule has 0 aliphatic carbocycles. The van der Waals surface area contributed by atoms with E-state index in [0.29, 0.717) is 56.5 Å². The number of anilines is 2. The molecule has 0 aromatic heterocycles. The maximum atomic E-state index is 13.9. The van der Waals surface area contributed by atoms with Crippen molar-refractivity contribution in [1.82, 2.24) is 0 Å². The Labute approximate surface area is 427 Å². The second-order valence-corrected chi connectivity index (χ2v) is 18.2. The van der Waals surface area contributed by atoms with Gasteiger partial charge in [-0.2, -0.15) is 12.6 Å². The van der Waals surface area contributed by atoms with Crippen LogP contribution in [0.3, 0.4) is 0 Å². The van der Waals surface area contributed by atoms with E-state index >= 15 is 0 Å². The summed E-state index contributed by atoms with van der Waals surface area (Å²) in [6.45, 7) is 8.82. The van der Waals surface area contributed by atoms with Crippen molar-refractivity contribution in [2.24, 2.45) is 0 Å². The molecule has 0 saturated carbocycles. The molecule has 6 aromatic carbocycles. The Morgan fingerprint density at radius 2 is 1.36 bits per heavy atom. The number of ether oxygens (including phenoxy) is 6. The van der Waals surface area contributed by atoms with Crippen LogP contribution in [-0.2, 0) is 31.8 Å². The average molecular weight is 996 g/mol. The average Bonchev–Trinajstić information content (AvgIpc) is 4.22. The van der Waals surface area contributed by atoms with Gasteiger partial charge in [0, 0.05) is 41.9 Å². The van der Waals surface area contributed by atoms with Gasteiger partial charge >= 0.3 is 11.9 Å². The van der Waals surface area contributed by atoms with Crippen molar-refractivity contribution in [3.63, 3.8) is 0 Å². The van der Waals surface area contributed by atoms with E-state index < -0.39 is 23.6 Å². The fraction of sp³-hybridized carbons (Fsp3) is 0.333. The molecule has 9 nitrogen and oxygen atoms in total. The summed E-state index contributed by atoms with van der Waals surface area (Å²) >= 11 is 4.37. The molecular formula is C60H63F2NO8S. The normalized spacial score (nSPS) is 12.7. The largest absolute Gasteiger partial charge is 0.493 e. The zero-order valence-corrected chi connectivity index (χ0v) is 41.9. The lowest BCUT2D eigenvalue weighted by molar-refractivity contribution is -0.137. The number of aryl methyl sites for hydroxylation is 3. The third kappa shape index (κ3) is 17.0. The van der Waals surface area contributed by atoms with Gasteiger partial charge in [0.2, 0.25) is 0 Å². The third-order valence-corrected chi connectivity index (χ3v) is 12.4. The molecule has 1 aliphatic heterocycles. The molecule has 7 rings (SSSR count). The van der Waals surface area contributed by atoms with E-state index in [4.69, 9.17) is 28.4 Å². The predicted molar refractivity (Wildman–Crippen MR) is 283 cm³/mol. The van der Waals surface area contributed by atoms with Crippen LogP contribution in [0.15, 0.2) is 128 Å². The highest BCUT2D eigenvalue weighted by Gasteiger charge is 2.22. The number of benzene rings is 6. The van der Waals surface area contributed by atoms with Crippen molar-refractivity contribution >= 4 is 46.7 Å². The summed E-state index contributed by atoms with van der Waals surface area (Å²) in [6.07, 6.45) is 10.9. The molecule has 0 spiro atoms. The van der Waals surface area contributed by atoms with Crippen molar-refractivity contribution in [1.29, 1.82) is 0 Å². The molecule has 376 valence electrons. The standard InChI is InChI=1S/C60H63F2NO8S/c1-3-58(64)68-31-10-5-4-8-29-63(53-24-17-44(18-25-53)13-16-47-36-51(61)41-52(62)37-47)55-38-46(20-28-57(55)67-30-9-6-7-11-34-72)15-14-45-19-27-56(43(2)35-45)71-60(65)50-22-21-49-40-54(26-23-48(49)39-50)66-32-12-33-69-59-42-70-59/h3,17-28,35-41,59,72H,1,4-12,14-15,29-34,42H2,2H3. The number of hydrogen-bond donors (Lipinski definition) is 1. The molecule has 1 fully saturated rings. The summed E-state index contributed by atoms with van der Waals surface area (Å²) in [5, 5.41) is 1.87. The van der Waals surface area contributed by atoms with Gasteiger partial charge in [-0.1, -0.05) is 68.0 Å². The van der Waals surface area contributed by atoms with Gasteiger partial charge in [-0.15, -0.1) is 0 Å². The first kappa shape index (κ1) is 53.2. The number of hydrogen-bond acceptors (Lipinski definition) is 10. The van der Waals surface area contributed by atoms with Gasteiger partial charge in [0.15, 0.2) is 6.29 Å². The Morgan fingerprint density at radius 3 is 2.10 bits per heavy atom. The van der Waals surface area contributed by atoms with Gasteiger partial charge in [-0.25, -0.2) is 18.4 Å². The minimum absolute atomic E-state index is 0.0536. The van der Waals surface area contributed by atoms with Gasteiger partial charge < -0.3 is 33.3 Å². The Bertz CT molecular complexity index is 2800. The molecule has 6 aromatic rings. The Hall–Kier alpha value is -6.65. The van der Waals surface area contributed by atoms with Crippen LogP contribution in [0.1, 0.15) is 96.0 Å². The van der Waals surface area contributed by atoms with Gasteiger partial charge in [0.1, 0.15) is 35.5 Å². The quantitative estimate of drug-likeness (QED) is 0.00980. The summed E-state index contributed by atoms with van der Waals surface area (Å²) in [5.41, 5.74) is 6.39. The summed E-state index contributed by atoms with van der Waals surface area (Å²) in [6, 6.07) is 34.8. The lowest BCUT2D eigenvalue weighted by atomic mass is 10.0. The van der Waals surface area contributed by atoms with Crippen molar-refractivity contribution in [2.45, 2.75) is 83.8 Å². The molecule has 1 atom stereocenters. The van der Waals surface area contributed by atoms with Gasteiger partial charge in [-0.3, -0.25) is 0 Å². The highest BCUT2D eigenvalue weighted by atomic mass is 32.1. The highest BCUT2D eigenvalue weighted by Crippen LogP contribution is 2.37. The molecule has 1 heterocycles. The second kappa shape index (κ2) is 27.8. The van der Waals surface area contributed by atoms with Crippen LogP contribution in [0, 0.1) is 30.4 Å². The third-order valence-electron chi connectivity index (χ3n) is 12.1. The van der Waals surface area contributed by atoms with Crippen molar-refractivity contribution < 1.29 is 46.8 Å². The molecule has 0 amide bonds. The fourth-order valence-electron chi connectivity index (χ4n) is 8.11. The minimum atomic E-state index is -0.676. The summed E-state index contributed by atoms with van der Waals surface area (Å²) in [7, 11) is 0. The SMILES string of the molecule is C=CC(=O)OCCCCCCN(c1ccc(C#Cc2cc(F)cc(F)c2)cc1)c1cc(CCc2ccc(OC(=O)c3ccc4cc(OCCCOC5CO5)ccc4c3)c(C)c2)ccc1OCCCCCCS. The van der Waals surface area contributed by atoms with E-state index in [1.807, 2.05) is 73.7 Å². The summed E-state index contributed by atoms with van der Waals surface area (Å²) in [4.78, 5) is 27.2.